The van der Waals surface area contributed by atoms with Gasteiger partial charge in [0.25, 0.3) is 0 Å². The largest absolute Gasteiger partial charge is 0.433 e. The third-order valence-corrected chi connectivity index (χ3v) is 2.35. The number of nitrogens with zero attached hydrogens (tertiary/aromatic N) is 1. The monoisotopic (exact) mass is 253 g/mol. The van der Waals surface area contributed by atoms with Crippen molar-refractivity contribution in [3.8, 4) is 0 Å². The van der Waals surface area contributed by atoms with Crippen molar-refractivity contribution >= 4 is 11.6 Å². The van der Waals surface area contributed by atoms with E-state index in [1.165, 1.54) is 6.07 Å². The van der Waals surface area contributed by atoms with E-state index in [0.717, 1.165) is 6.07 Å². The standard InChI is InChI=1S/C9H7ClF3NO2/c10-7-5(8-15-3-4-16-8)1-2-6(14-7)9(11,12)13/h1-2,8H,3-4H2. The van der Waals surface area contributed by atoms with Crippen LogP contribution < -0.4 is 0 Å². The Morgan fingerprint density at radius 1 is 1.25 bits per heavy atom. The van der Waals surface area contributed by atoms with Crippen LogP contribution in [0.1, 0.15) is 17.5 Å². The van der Waals surface area contributed by atoms with Gasteiger partial charge in [0.2, 0.25) is 0 Å². The molecule has 2 heterocycles. The second-order valence-electron chi connectivity index (χ2n) is 3.15. The molecule has 0 N–H and O–H groups in total. The van der Waals surface area contributed by atoms with E-state index in [1.807, 2.05) is 0 Å². The van der Waals surface area contributed by atoms with Crippen molar-refractivity contribution in [2.24, 2.45) is 0 Å². The molecule has 1 aromatic rings. The average molecular weight is 254 g/mol. The first-order valence-corrected chi connectivity index (χ1v) is 4.83. The molecule has 1 aliphatic heterocycles. The summed E-state index contributed by atoms with van der Waals surface area (Å²) in [5.41, 5.74) is -0.716. The maximum absolute atomic E-state index is 12.3. The van der Waals surface area contributed by atoms with Crippen LogP contribution in [0.25, 0.3) is 0 Å². The smallest absolute Gasteiger partial charge is 0.346 e. The molecule has 0 unspecified atom stereocenters. The molecule has 1 fully saturated rings. The minimum absolute atomic E-state index is 0.248. The molecule has 0 bridgehead atoms. The van der Waals surface area contributed by atoms with Crippen molar-refractivity contribution in [1.82, 2.24) is 4.98 Å². The SMILES string of the molecule is FC(F)(F)c1ccc(C2OCCO2)c(Cl)n1. The Hall–Kier alpha value is -0.850. The summed E-state index contributed by atoms with van der Waals surface area (Å²) < 4.78 is 47.1. The highest BCUT2D eigenvalue weighted by molar-refractivity contribution is 6.30. The van der Waals surface area contributed by atoms with Crippen molar-refractivity contribution in [2.45, 2.75) is 12.5 Å². The van der Waals surface area contributed by atoms with Gasteiger partial charge in [-0.05, 0) is 12.1 Å². The second-order valence-corrected chi connectivity index (χ2v) is 3.51. The lowest BCUT2D eigenvalue weighted by Crippen LogP contribution is -2.10. The van der Waals surface area contributed by atoms with Crippen LogP contribution in [0, 0.1) is 0 Å². The van der Waals surface area contributed by atoms with E-state index < -0.39 is 18.2 Å². The predicted octanol–water partition coefficient (Wildman–Crippen LogP) is 2.80. The van der Waals surface area contributed by atoms with Crippen LogP contribution in [0.4, 0.5) is 13.2 Å². The Kier molecular flexibility index (Phi) is 3.05. The molecule has 1 aromatic heterocycles. The van der Waals surface area contributed by atoms with Crippen LogP contribution in [0.15, 0.2) is 12.1 Å². The fourth-order valence-corrected chi connectivity index (χ4v) is 1.56. The maximum atomic E-state index is 12.3. The molecule has 0 radical (unpaired) electrons. The van der Waals surface area contributed by atoms with E-state index in [1.54, 1.807) is 0 Å². The molecule has 1 saturated heterocycles. The Balaban J connectivity index is 2.29. The van der Waals surface area contributed by atoms with Gasteiger partial charge in [-0.25, -0.2) is 4.98 Å². The summed E-state index contributed by atoms with van der Waals surface area (Å²) in [4.78, 5) is 3.27. The van der Waals surface area contributed by atoms with Crippen LogP contribution >= 0.6 is 11.6 Å². The Labute approximate surface area is 94.1 Å². The predicted molar refractivity (Wildman–Crippen MR) is 48.9 cm³/mol. The molecule has 7 heteroatoms. The van der Waals surface area contributed by atoms with Gasteiger partial charge in [-0.1, -0.05) is 11.6 Å². The zero-order valence-corrected chi connectivity index (χ0v) is 8.68. The molecular weight excluding hydrogens is 247 g/mol. The summed E-state index contributed by atoms with van der Waals surface area (Å²) in [6, 6.07) is 2.07. The topological polar surface area (TPSA) is 31.4 Å². The Bertz CT molecular complexity index is 391. The second kappa shape index (κ2) is 4.20. The number of hydrogen-bond acceptors (Lipinski definition) is 3. The molecule has 3 nitrogen and oxygen atoms in total. The molecule has 16 heavy (non-hydrogen) atoms. The van der Waals surface area contributed by atoms with Gasteiger partial charge in [0.15, 0.2) is 6.29 Å². The number of rotatable bonds is 1. The van der Waals surface area contributed by atoms with Crippen LogP contribution in [-0.4, -0.2) is 18.2 Å². The van der Waals surface area contributed by atoms with Crippen molar-refractivity contribution in [2.75, 3.05) is 13.2 Å². The average Bonchev–Trinajstić information content (AvgIpc) is 2.69. The summed E-state index contributed by atoms with van der Waals surface area (Å²) in [6.45, 7) is 0.782. The van der Waals surface area contributed by atoms with Gasteiger partial charge in [-0.2, -0.15) is 13.2 Å². The molecule has 2 rings (SSSR count). The van der Waals surface area contributed by atoms with Gasteiger partial charge in [0.05, 0.1) is 13.2 Å². The van der Waals surface area contributed by atoms with E-state index in [4.69, 9.17) is 21.1 Å². The third kappa shape index (κ3) is 2.28. The number of halogens is 4. The Morgan fingerprint density at radius 2 is 1.88 bits per heavy atom. The van der Waals surface area contributed by atoms with E-state index >= 15 is 0 Å². The van der Waals surface area contributed by atoms with E-state index in [0.29, 0.717) is 18.8 Å². The highest BCUT2D eigenvalue weighted by Crippen LogP contribution is 2.33. The Morgan fingerprint density at radius 3 is 2.38 bits per heavy atom. The number of hydrogen-bond donors (Lipinski definition) is 0. The first kappa shape index (κ1) is 11.6. The number of pyridine rings is 1. The van der Waals surface area contributed by atoms with Crippen molar-refractivity contribution in [3.05, 3.63) is 28.5 Å². The maximum Gasteiger partial charge on any atom is 0.433 e. The molecule has 0 atom stereocenters. The molecule has 0 amide bonds. The summed E-state index contributed by atoms with van der Waals surface area (Å²) in [5.74, 6) is 0. The zero-order valence-electron chi connectivity index (χ0n) is 7.92. The van der Waals surface area contributed by atoms with Crippen molar-refractivity contribution in [3.63, 3.8) is 0 Å². The van der Waals surface area contributed by atoms with Gasteiger partial charge in [0, 0.05) is 5.56 Å². The molecule has 0 aliphatic carbocycles. The molecule has 88 valence electrons. The van der Waals surface area contributed by atoms with Crippen LogP contribution in [-0.2, 0) is 15.7 Å². The fraction of sp³-hybridized carbons (Fsp3) is 0.444. The number of aromatic nitrogens is 1. The lowest BCUT2D eigenvalue weighted by molar-refractivity contribution is -0.141. The first-order valence-electron chi connectivity index (χ1n) is 4.45. The molecular formula is C9H7ClF3NO2. The van der Waals surface area contributed by atoms with E-state index in [2.05, 4.69) is 4.98 Å². The molecule has 0 saturated carbocycles. The van der Waals surface area contributed by atoms with E-state index in [9.17, 15) is 13.2 Å². The van der Waals surface area contributed by atoms with Crippen molar-refractivity contribution in [1.29, 1.82) is 0 Å². The molecule has 1 aliphatic rings. The van der Waals surface area contributed by atoms with Gasteiger partial charge < -0.3 is 9.47 Å². The minimum atomic E-state index is -4.50. The quantitative estimate of drug-likeness (QED) is 0.721. The van der Waals surface area contributed by atoms with Gasteiger partial charge in [-0.15, -0.1) is 0 Å². The lowest BCUT2D eigenvalue weighted by atomic mass is 10.2. The van der Waals surface area contributed by atoms with Crippen molar-refractivity contribution < 1.29 is 22.6 Å². The highest BCUT2D eigenvalue weighted by atomic mass is 35.5. The summed E-state index contributed by atoms with van der Waals surface area (Å²) >= 11 is 5.64. The van der Waals surface area contributed by atoms with Crippen LogP contribution in [0.2, 0.25) is 5.15 Å². The first-order chi connectivity index (χ1) is 7.48. The van der Waals surface area contributed by atoms with Gasteiger partial charge >= 0.3 is 6.18 Å². The summed E-state index contributed by atoms with van der Waals surface area (Å²) in [7, 11) is 0. The van der Waals surface area contributed by atoms with Crippen LogP contribution in [0.5, 0.6) is 0 Å². The molecule has 0 spiro atoms. The summed E-state index contributed by atoms with van der Waals surface area (Å²) in [6.07, 6.45) is -5.22. The highest BCUT2D eigenvalue weighted by Gasteiger charge is 2.33. The van der Waals surface area contributed by atoms with Crippen LogP contribution in [0.3, 0.4) is 0 Å². The lowest BCUT2D eigenvalue weighted by Gasteiger charge is -2.12. The van der Waals surface area contributed by atoms with Gasteiger partial charge in [0.1, 0.15) is 10.8 Å². The summed E-state index contributed by atoms with van der Waals surface area (Å²) in [5, 5.41) is -0.248. The van der Waals surface area contributed by atoms with Gasteiger partial charge in [-0.3, -0.25) is 0 Å². The number of ether oxygens (including phenoxy) is 2. The minimum Gasteiger partial charge on any atom is -0.346 e. The fourth-order valence-electron chi connectivity index (χ4n) is 1.32. The number of alkyl halides is 3. The normalized spacial score (nSPS) is 18.0. The molecule has 0 aromatic carbocycles. The zero-order chi connectivity index (χ0) is 11.8. The van der Waals surface area contributed by atoms with E-state index in [-0.39, 0.29) is 5.15 Å². The third-order valence-electron chi connectivity index (χ3n) is 2.04.